The zero-order chi connectivity index (χ0) is 2.71. The Morgan fingerprint density at radius 1 is 1.75 bits per heavy atom. The van der Waals surface area contributed by atoms with Crippen molar-refractivity contribution in [3.8, 4) is 0 Å². The van der Waals surface area contributed by atoms with Crippen LogP contribution in [0.25, 0.3) is 0 Å². The third-order valence-corrected chi connectivity index (χ3v) is 0. The summed E-state index contributed by atoms with van der Waals surface area (Å²) in [4.78, 5) is 0. The topological polar surface area (TPSA) is 0 Å². The first-order valence-electron chi connectivity index (χ1n) is 0.986. The van der Waals surface area contributed by atoms with Crippen LogP contribution in [0.4, 0.5) is 0 Å². The van der Waals surface area contributed by atoms with E-state index in [0.717, 1.165) is 0 Å². The molecule has 0 heterocycles. The molecule has 0 aromatic heterocycles. The summed E-state index contributed by atoms with van der Waals surface area (Å²) in [5.74, 6) is 0. The van der Waals surface area contributed by atoms with Gasteiger partial charge in [-0.15, -0.1) is 6.58 Å². The van der Waals surface area contributed by atoms with Crippen LogP contribution in [0.1, 0.15) is 6.92 Å². The number of rotatable bonds is 0. The minimum Gasteiger partial charge on any atom is -0.103 e. The molecule has 0 nitrogen and oxygen atoms in total. The summed E-state index contributed by atoms with van der Waals surface area (Å²) in [6, 6.07) is 0. The van der Waals surface area contributed by atoms with Crippen LogP contribution in [-0.2, 0) is 0 Å². The Morgan fingerprint density at radius 2 is 1.75 bits per heavy atom. The number of allylic oxidation sites excluding steroid dienone is 1. The van der Waals surface area contributed by atoms with Crippen molar-refractivity contribution in [1.82, 2.24) is 0 Å². The average Bonchev–Trinajstić information content (AvgIpc) is 0.918. The Hall–Kier alpha value is 0.337. The molecule has 0 unspecified atom stereocenters. The molecular formula is C3H6Li+. The Labute approximate surface area is 39.1 Å². The van der Waals surface area contributed by atoms with E-state index >= 15 is 0 Å². The van der Waals surface area contributed by atoms with Gasteiger partial charge in [-0.05, 0) is 6.92 Å². The van der Waals surface area contributed by atoms with E-state index < -0.39 is 0 Å². The summed E-state index contributed by atoms with van der Waals surface area (Å²) in [5, 5.41) is 0. The van der Waals surface area contributed by atoms with Gasteiger partial charge in [-0.1, -0.05) is 6.08 Å². The summed E-state index contributed by atoms with van der Waals surface area (Å²) in [5.41, 5.74) is 0. The molecule has 0 aromatic carbocycles. The van der Waals surface area contributed by atoms with Crippen LogP contribution < -0.4 is 18.9 Å². The van der Waals surface area contributed by atoms with Gasteiger partial charge in [-0.2, -0.15) is 0 Å². The molecule has 0 spiro atoms. The van der Waals surface area contributed by atoms with Gasteiger partial charge in [0.2, 0.25) is 0 Å². The first kappa shape index (κ1) is 8.84. The molecule has 0 saturated carbocycles. The predicted molar refractivity (Wildman–Crippen MR) is 15.9 cm³/mol. The van der Waals surface area contributed by atoms with Gasteiger partial charge >= 0.3 is 18.9 Å². The number of hydrogen-bond donors (Lipinski definition) is 0. The van der Waals surface area contributed by atoms with Crippen LogP contribution in [0.15, 0.2) is 12.7 Å². The molecule has 18 valence electrons. The minimum atomic E-state index is 0. The van der Waals surface area contributed by atoms with E-state index in [1.54, 1.807) is 6.08 Å². The third-order valence-electron chi connectivity index (χ3n) is 0. The molecule has 0 fully saturated rings. The van der Waals surface area contributed by atoms with Crippen molar-refractivity contribution >= 4 is 0 Å². The fourth-order valence-electron chi connectivity index (χ4n) is 0. The van der Waals surface area contributed by atoms with Crippen LogP contribution in [0.2, 0.25) is 0 Å². The maximum absolute atomic E-state index is 3.36. The second-order valence-corrected chi connectivity index (χ2v) is 0.408. The van der Waals surface area contributed by atoms with E-state index in [9.17, 15) is 0 Å². The second-order valence-electron chi connectivity index (χ2n) is 0.408. The predicted octanol–water partition coefficient (Wildman–Crippen LogP) is -1.80. The van der Waals surface area contributed by atoms with Crippen LogP contribution >= 0.6 is 0 Å². The molecular weight excluding hydrogens is 43.0 g/mol. The van der Waals surface area contributed by atoms with Gasteiger partial charge < -0.3 is 0 Å². The Bertz CT molecular complexity index is 10.8. The van der Waals surface area contributed by atoms with Gasteiger partial charge in [-0.3, -0.25) is 0 Å². The quantitative estimate of drug-likeness (QED) is 0.224. The maximum atomic E-state index is 3.36. The van der Waals surface area contributed by atoms with Crippen molar-refractivity contribution in [2.24, 2.45) is 0 Å². The maximum Gasteiger partial charge on any atom is 1.00 e. The van der Waals surface area contributed by atoms with Crippen LogP contribution in [0, 0.1) is 0 Å². The van der Waals surface area contributed by atoms with Crippen molar-refractivity contribution in [3.05, 3.63) is 12.7 Å². The summed E-state index contributed by atoms with van der Waals surface area (Å²) in [6.07, 6.45) is 1.75. The third kappa shape index (κ3) is 36.7. The second kappa shape index (κ2) is 10.2. The summed E-state index contributed by atoms with van der Waals surface area (Å²) < 4.78 is 0. The monoisotopic (exact) mass is 49.1 g/mol. The van der Waals surface area contributed by atoms with E-state index in [2.05, 4.69) is 6.58 Å². The molecule has 0 atom stereocenters. The summed E-state index contributed by atoms with van der Waals surface area (Å²) >= 11 is 0. The van der Waals surface area contributed by atoms with Gasteiger partial charge in [0, 0.05) is 0 Å². The van der Waals surface area contributed by atoms with Crippen LogP contribution in [0.3, 0.4) is 0 Å². The molecule has 0 aliphatic heterocycles. The van der Waals surface area contributed by atoms with Gasteiger partial charge in [-0.25, -0.2) is 0 Å². The largest absolute Gasteiger partial charge is 1.00 e. The zero-order valence-corrected chi connectivity index (χ0v) is 3.28. The molecule has 0 rings (SSSR count). The fraction of sp³-hybridized carbons (Fsp3) is 0.333. The molecule has 0 amide bonds. The zero-order valence-electron chi connectivity index (χ0n) is 3.28. The van der Waals surface area contributed by atoms with Crippen LogP contribution in [-0.4, -0.2) is 0 Å². The molecule has 0 N–H and O–H groups in total. The van der Waals surface area contributed by atoms with E-state index in [-0.39, 0.29) is 18.9 Å². The van der Waals surface area contributed by atoms with E-state index in [0.29, 0.717) is 0 Å². The average molecular weight is 49.0 g/mol. The normalized spacial score (nSPS) is 3.25. The van der Waals surface area contributed by atoms with Crippen molar-refractivity contribution < 1.29 is 18.9 Å². The van der Waals surface area contributed by atoms with Gasteiger partial charge in [0.15, 0.2) is 0 Å². The van der Waals surface area contributed by atoms with E-state index in [1.807, 2.05) is 6.92 Å². The van der Waals surface area contributed by atoms with Gasteiger partial charge in [0.05, 0.1) is 0 Å². The van der Waals surface area contributed by atoms with Crippen molar-refractivity contribution in [1.29, 1.82) is 0 Å². The van der Waals surface area contributed by atoms with Crippen molar-refractivity contribution in [2.75, 3.05) is 0 Å². The molecule has 1 heteroatoms. The fourth-order valence-corrected chi connectivity index (χ4v) is 0. The Balaban J connectivity index is 0. The smallest absolute Gasteiger partial charge is 0.103 e. The molecule has 0 aliphatic rings. The molecule has 0 saturated heterocycles. The van der Waals surface area contributed by atoms with Crippen LogP contribution in [0.5, 0.6) is 0 Å². The molecule has 0 aliphatic carbocycles. The van der Waals surface area contributed by atoms with Crippen molar-refractivity contribution in [3.63, 3.8) is 0 Å². The number of hydrogen-bond acceptors (Lipinski definition) is 0. The Morgan fingerprint density at radius 3 is 1.75 bits per heavy atom. The first-order chi connectivity index (χ1) is 1.41. The van der Waals surface area contributed by atoms with E-state index in [1.165, 1.54) is 0 Å². The van der Waals surface area contributed by atoms with Gasteiger partial charge in [0.1, 0.15) is 0 Å². The van der Waals surface area contributed by atoms with Crippen molar-refractivity contribution in [2.45, 2.75) is 6.92 Å². The first-order valence-corrected chi connectivity index (χ1v) is 0.986. The van der Waals surface area contributed by atoms with Gasteiger partial charge in [0.25, 0.3) is 0 Å². The SMILES string of the molecule is C=CC.[Li+]. The molecule has 0 radical (unpaired) electrons. The standard InChI is InChI=1S/C3H6.Li/c1-3-2;/h3H,1H2,2H3;/q;+1. The summed E-state index contributed by atoms with van der Waals surface area (Å²) in [7, 11) is 0. The molecule has 0 aromatic rings. The van der Waals surface area contributed by atoms with E-state index in [4.69, 9.17) is 0 Å². The Kier molecular flexibility index (Phi) is 22.5. The minimum absolute atomic E-state index is 0. The molecule has 0 bridgehead atoms. The summed E-state index contributed by atoms with van der Waals surface area (Å²) in [6.45, 7) is 5.25. The molecule has 4 heavy (non-hydrogen) atoms.